The molecule has 0 fully saturated rings. The maximum absolute atomic E-state index is 12.6. The van der Waals surface area contributed by atoms with Gasteiger partial charge < -0.3 is 0 Å². The normalized spacial score (nSPS) is 11.8. The predicted molar refractivity (Wildman–Crippen MR) is 130 cm³/mol. The van der Waals surface area contributed by atoms with Crippen LogP contribution in [0.5, 0.6) is 0 Å². The first-order valence-corrected chi connectivity index (χ1v) is 13.5. The molecule has 0 heterocycles. The molecule has 6 nitrogen and oxygen atoms in total. The predicted octanol–water partition coefficient (Wildman–Crippen LogP) is 5.94. The van der Waals surface area contributed by atoms with E-state index in [0.717, 1.165) is 24.8 Å². The molecular formula is C22H22Cl2N2O4S2. The van der Waals surface area contributed by atoms with Gasteiger partial charge in [0.05, 0.1) is 25.5 Å². The van der Waals surface area contributed by atoms with E-state index < -0.39 is 20.0 Å². The molecule has 0 aliphatic heterocycles. The molecule has 0 unspecified atom stereocenters. The zero-order chi connectivity index (χ0) is 23.4. The number of aryl methyl sites for hydroxylation is 1. The Morgan fingerprint density at radius 1 is 0.688 bits per heavy atom. The van der Waals surface area contributed by atoms with Crippen LogP contribution in [-0.4, -0.2) is 16.8 Å². The van der Waals surface area contributed by atoms with E-state index in [0.29, 0.717) is 5.02 Å². The summed E-state index contributed by atoms with van der Waals surface area (Å²) in [4.78, 5) is 0.0996. The Morgan fingerprint density at radius 2 is 1.19 bits per heavy atom. The van der Waals surface area contributed by atoms with Gasteiger partial charge in [-0.1, -0.05) is 48.7 Å². The van der Waals surface area contributed by atoms with Crippen LogP contribution in [0.2, 0.25) is 10.0 Å². The van der Waals surface area contributed by atoms with Crippen LogP contribution in [0.1, 0.15) is 25.3 Å². The molecule has 0 amide bonds. The summed E-state index contributed by atoms with van der Waals surface area (Å²) in [6, 6.07) is 16.5. The molecule has 0 spiro atoms. The Hall–Kier alpha value is -2.26. The molecule has 0 aromatic heterocycles. The molecule has 2 N–H and O–H groups in total. The summed E-state index contributed by atoms with van der Waals surface area (Å²) in [7, 11) is -7.70. The number of sulfonamides is 2. The summed E-state index contributed by atoms with van der Waals surface area (Å²) >= 11 is 11.8. The first-order chi connectivity index (χ1) is 15.1. The highest BCUT2D eigenvalue weighted by molar-refractivity contribution is 7.93. The van der Waals surface area contributed by atoms with Gasteiger partial charge in [-0.2, -0.15) is 0 Å². The fraction of sp³-hybridized carbons (Fsp3) is 0.182. The Labute approximate surface area is 198 Å². The van der Waals surface area contributed by atoms with Crippen LogP contribution in [0, 0.1) is 0 Å². The van der Waals surface area contributed by atoms with Gasteiger partial charge in [0, 0.05) is 5.69 Å². The molecule has 170 valence electrons. The second-order valence-corrected chi connectivity index (χ2v) is 11.3. The number of rotatable bonds is 9. The van der Waals surface area contributed by atoms with E-state index in [1.807, 2.05) is 0 Å². The molecule has 0 atom stereocenters. The lowest BCUT2D eigenvalue weighted by Gasteiger charge is -2.11. The van der Waals surface area contributed by atoms with Crippen molar-refractivity contribution in [2.24, 2.45) is 0 Å². The largest absolute Gasteiger partial charge is 0.280 e. The van der Waals surface area contributed by atoms with Crippen LogP contribution in [0.3, 0.4) is 0 Å². The average Bonchev–Trinajstić information content (AvgIpc) is 2.75. The number of halogens is 2. The van der Waals surface area contributed by atoms with Crippen LogP contribution >= 0.6 is 23.2 Å². The molecule has 0 bridgehead atoms. The summed E-state index contributed by atoms with van der Waals surface area (Å²) in [6.45, 7) is 2.10. The van der Waals surface area contributed by atoms with Gasteiger partial charge >= 0.3 is 0 Å². The van der Waals surface area contributed by atoms with Crippen molar-refractivity contribution in [1.29, 1.82) is 0 Å². The number of hydrogen-bond donors (Lipinski definition) is 2. The minimum atomic E-state index is -3.90. The Morgan fingerprint density at radius 3 is 1.72 bits per heavy atom. The Bertz CT molecular complexity index is 1290. The quantitative estimate of drug-likeness (QED) is 0.371. The third kappa shape index (κ3) is 6.16. The second kappa shape index (κ2) is 10.1. The van der Waals surface area contributed by atoms with E-state index in [4.69, 9.17) is 23.2 Å². The van der Waals surface area contributed by atoms with Crippen LogP contribution in [-0.2, 0) is 26.5 Å². The van der Waals surface area contributed by atoms with Crippen LogP contribution in [0.25, 0.3) is 0 Å². The first kappa shape index (κ1) is 24.4. The number of anilines is 2. The number of benzene rings is 3. The monoisotopic (exact) mass is 512 g/mol. The summed E-state index contributed by atoms with van der Waals surface area (Å²) in [5, 5.41) is 0.525. The van der Waals surface area contributed by atoms with Crippen molar-refractivity contribution >= 4 is 54.6 Å². The van der Waals surface area contributed by atoms with E-state index in [9.17, 15) is 16.8 Å². The number of hydrogen-bond acceptors (Lipinski definition) is 4. The fourth-order valence-electron chi connectivity index (χ4n) is 2.91. The highest BCUT2D eigenvalue weighted by Crippen LogP contribution is 2.27. The molecule has 10 heteroatoms. The summed E-state index contributed by atoms with van der Waals surface area (Å²) < 4.78 is 55.4. The number of nitrogens with one attached hydrogen (secondary N) is 2. The molecular weight excluding hydrogens is 491 g/mol. The van der Waals surface area contributed by atoms with Crippen molar-refractivity contribution < 1.29 is 16.8 Å². The lowest BCUT2D eigenvalue weighted by atomic mass is 10.1. The maximum atomic E-state index is 12.6. The number of unbranched alkanes of at least 4 members (excludes halogenated alkanes) is 1. The van der Waals surface area contributed by atoms with E-state index in [1.54, 1.807) is 24.3 Å². The molecule has 0 aliphatic rings. The highest BCUT2D eigenvalue weighted by atomic mass is 35.5. The third-order valence-corrected chi connectivity index (χ3v) is 8.17. The topological polar surface area (TPSA) is 92.3 Å². The minimum Gasteiger partial charge on any atom is -0.280 e. The van der Waals surface area contributed by atoms with Gasteiger partial charge in [-0.3, -0.25) is 9.44 Å². The maximum Gasteiger partial charge on any atom is 0.261 e. The van der Waals surface area contributed by atoms with E-state index in [1.165, 1.54) is 42.5 Å². The van der Waals surface area contributed by atoms with Gasteiger partial charge in [-0.05, 0) is 73.0 Å². The van der Waals surface area contributed by atoms with Crippen LogP contribution in [0.15, 0.2) is 76.5 Å². The third-order valence-electron chi connectivity index (χ3n) is 4.64. The van der Waals surface area contributed by atoms with Crippen molar-refractivity contribution in [1.82, 2.24) is 0 Å². The van der Waals surface area contributed by atoms with Gasteiger partial charge in [0.2, 0.25) is 0 Å². The van der Waals surface area contributed by atoms with Gasteiger partial charge in [0.25, 0.3) is 20.0 Å². The van der Waals surface area contributed by atoms with Crippen LogP contribution in [0.4, 0.5) is 11.4 Å². The van der Waals surface area contributed by atoms with Crippen LogP contribution < -0.4 is 9.44 Å². The SMILES string of the molecule is CCCCc1ccc(S(=O)(=O)Nc2ccc(S(=O)(=O)Nc3ccc(Cl)c(Cl)c3)cc2)cc1. The molecule has 3 aromatic carbocycles. The lowest BCUT2D eigenvalue weighted by Crippen LogP contribution is -2.14. The Balaban J connectivity index is 1.72. The molecule has 3 rings (SSSR count). The average molecular weight is 513 g/mol. The molecule has 32 heavy (non-hydrogen) atoms. The van der Waals surface area contributed by atoms with Gasteiger partial charge in [-0.25, -0.2) is 16.8 Å². The van der Waals surface area contributed by atoms with Crippen molar-refractivity contribution in [2.45, 2.75) is 36.0 Å². The van der Waals surface area contributed by atoms with Crippen molar-refractivity contribution in [3.05, 3.63) is 82.3 Å². The summed E-state index contributed by atoms with van der Waals surface area (Å²) in [6.07, 6.45) is 3.01. The standard InChI is InChI=1S/C22H22Cl2N2O4S2/c1-2-3-4-16-5-10-19(11-6-16)31(27,28)25-17-7-12-20(13-8-17)32(29,30)26-18-9-14-21(23)22(24)15-18/h5-15,25-26H,2-4H2,1H3. The molecule has 0 radical (unpaired) electrons. The Kier molecular flexibility index (Phi) is 7.71. The van der Waals surface area contributed by atoms with Crippen molar-refractivity contribution in [3.8, 4) is 0 Å². The highest BCUT2D eigenvalue weighted by Gasteiger charge is 2.17. The minimum absolute atomic E-state index is 0.0354. The lowest BCUT2D eigenvalue weighted by molar-refractivity contribution is 0.600. The van der Waals surface area contributed by atoms with Gasteiger partial charge in [-0.15, -0.1) is 0 Å². The molecule has 0 aliphatic carbocycles. The van der Waals surface area contributed by atoms with E-state index >= 15 is 0 Å². The summed E-state index contributed by atoms with van der Waals surface area (Å²) in [5.74, 6) is 0. The molecule has 0 saturated heterocycles. The smallest absolute Gasteiger partial charge is 0.261 e. The fourth-order valence-corrected chi connectivity index (χ4v) is 5.31. The van der Waals surface area contributed by atoms with Gasteiger partial charge in [0.1, 0.15) is 0 Å². The summed E-state index contributed by atoms with van der Waals surface area (Å²) in [5.41, 5.74) is 1.58. The first-order valence-electron chi connectivity index (χ1n) is 9.80. The second-order valence-electron chi connectivity index (χ2n) is 7.11. The zero-order valence-corrected chi connectivity index (χ0v) is 20.3. The van der Waals surface area contributed by atoms with E-state index in [2.05, 4.69) is 16.4 Å². The molecule has 3 aromatic rings. The zero-order valence-electron chi connectivity index (χ0n) is 17.2. The van der Waals surface area contributed by atoms with Gasteiger partial charge in [0.15, 0.2) is 0 Å². The van der Waals surface area contributed by atoms with Crippen molar-refractivity contribution in [3.63, 3.8) is 0 Å². The van der Waals surface area contributed by atoms with E-state index in [-0.39, 0.29) is 26.2 Å². The molecule has 0 saturated carbocycles. The van der Waals surface area contributed by atoms with Crippen molar-refractivity contribution in [2.75, 3.05) is 9.44 Å².